The lowest BCUT2D eigenvalue weighted by atomic mass is 9.81. The van der Waals surface area contributed by atoms with E-state index in [4.69, 9.17) is 0 Å². The van der Waals surface area contributed by atoms with E-state index in [1.54, 1.807) is 6.07 Å². The maximum Gasteiger partial charge on any atom is 0.387 e. The van der Waals surface area contributed by atoms with Gasteiger partial charge in [0, 0.05) is 30.6 Å². The number of ether oxygens (including phenoxy) is 1. The van der Waals surface area contributed by atoms with E-state index < -0.39 is 6.61 Å². The Morgan fingerprint density at radius 3 is 2.33 bits per heavy atom. The van der Waals surface area contributed by atoms with Crippen LogP contribution in [0.1, 0.15) is 43.2 Å². The zero-order valence-electron chi connectivity index (χ0n) is 18.1. The number of hydrogen-bond donors (Lipinski definition) is 1. The predicted molar refractivity (Wildman–Crippen MR) is 118 cm³/mol. The van der Waals surface area contributed by atoms with Crippen LogP contribution in [-0.2, 0) is 20.8 Å². The lowest BCUT2D eigenvalue weighted by Gasteiger charge is -2.19. The van der Waals surface area contributed by atoms with Crippen molar-refractivity contribution in [3.63, 3.8) is 0 Å². The molecule has 0 aromatic heterocycles. The number of imide groups is 1. The number of hydrogen-bond acceptors (Lipinski definition) is 4. The molecule has 0 bridgehead atoms. The quantitative estimate of drug-likeness (QED) is 0.598. The highest BCUT2D eigenvalue weighted by molar-refractivity contribution is 6.05. The summed E-state index contributed by atoms with van der Waals surface area (Å²) in [5, 5.41) is 2.73. The van der Waals surface area contributed by atoms with Crippen LogP contribution in [0.5, 0.6) is 5.75 Å². The van der Waals surface area contributed by atoms with Gasteiger partial charge in [0.2, 0.25) is 17.7 Å². The minimum absolute atomic E-state index is 0.0276. The highest BCUT2D eigenvalue weighted by Gasteiger charge is 2.47. The molecule has 1 aliphatic heterocycles. The summed E-state index contributed by atoms with van der Waals surface area (Å²) in [6.07, 6.45) is 3.69. The molecule has 0 radical (unpaired) electrons. The largest absolute Gasteiger partial charge is 0.435 e. The molecule has 0 spiro atoms. The van der Waals surface area contributed by atoms with Crippen LogP contribution in [0.3, 0.4) is 0 Å². The van der Waals surface area contributed by atoms with Gasteiger partial charge in [-0.15, -0.1) is 0 Å². The fourth-order valence-electron chi connectivity index (χ4n) is 4.71. The standard InChI is InChI=1S/C25H26F2N2O4/c26-25(27)33-21-11-10-18(15-17(21)14-16-6-2-1-3-7-16)28-22(30)12-13-29-23(31)19-8-4-5-9-20(19)24(29)32/h1-3,6-7,10-11,15,19-20,25H,4-5,8-9,12-14H2,(H,28,30). The summed E-state index contributed by atoms with van der Waals surface area (Å²) in [6.45, 7) is -2.92. The average molecular weight is 456 g/mol. The van der Waals surface area contributed by atoms with E-state index in [0.717, 1.165) is 31.2 Å². The lowest BCUT2D eigenvalue weighted by molar-refractivity contribution is -0.140. The molecule has 2 aliphatic rings. The first-order chi connectivity index (χ1) is 15.9. The maximum atomic E-state index is 12.8. The number of rotatable bonds is 8. The summed E-state index contributed by atoms with van der Waals surface area (Å²) in [4.78, 5) is 38.9. The third-order valence-electron chi connectivity index (χ3n) is 6.29. The van der Waals surface area contributed by atoms with Gasteiger partial charge in [0.1, 0.15) is 5.75 Å². The number of carbonyl (C=O) groups excluding carboxylic acids is 3. The van der Waals surface area contributed by atoms with Crippen LogP contribution in [-0.4, -0.2) is 35.8 Å². The van der Waals surface area contributed by atoms with E-state index >= 15 is 0 Å². The van der Waals surface area contributed by atoms with Gasteiger partial charge in [0.15, 0.2) is 0 Å². The third kappa shape index (κ3) is 5.38. The Bertz CT molecular complexity index is 1000. The summed E-state index contributed by atoms with van der Waals surface area (Å²) < 4.78 is 30.3. The van der Waals surface area contributed by atoms with Crippen molar-refractivity contribution in [2.24, 2.45) is 11.8 Å². The van der Waals surface area contributed by atoms with Crippen LogP contribution in [0.15, 0.2) is 48.5 Å². The number of benzene rings is 2. The SMILES string of the molecule is O=C(CCN1C(=O)C2CCCCC2C1=O)Nc1ccc(OC(F)F)c(Cc2ccccc2)c1. The molecular weight excluding hydrogens is 430 g/mol. The summed E-state index contributed by atoms with van der Waals surface area (Å²) in [5.74, 6) is -1.14. The monoisotopic (exact) mass is 456 g/mol. The number of alkyl halides is 2. The maximum absolute atomic E-state index is 12.8. The van der Waals surface area contributed by atoms with Crippen LogP contribution in [0.25, 0.3) is 0 Å². The van der Waals surface area contributed by atoms with Gasteiger partial charge < -0.3 is 10.1 Å². The van der Waals surface area contributed by atoms with Gasteiger partial charge in [-0.1, -0.05) is 43.2 Å². The number of nitrogens with one attached hydrogen (secondary N) is 1. The lowest BCUT2D eigenvalue weighted by Crippen LogP contribution is -2.34. The number of nitrogens with zero attached hydrogens (tertiary/aromatic N) is 1. The van der Waals surface area contributed by atoms with Gasteiger partial charge in [0.25, 0.3) is 0 Å². The number of anilines is 1. The molecule has 4 rings (SSSR count). The van der Waals surface area contributed by atoms with Gasteiger partial charge in [-0.05, 0) is 36.6 Å². The van der Waals surface area contributed by atoms with Gasteiger partial charge in [-0.2, -0.15) is 8.78 Å². The molecule has 8 heteroatoms. The van der Waals surface area contributed by atoms with Gasteiger partial charge >= 0.3 is 6.61 Å². The highest BCUT2D eigenvalue weighted by atomic mass is 19.3. The van der Waals surface area contributed by atoms with Crippen LogP contribution in [0.2, 0.25) is 0 Å². The molecule has 2 aromatic rings. The van der Waals surface area contributed by atoms with E-state index in [9.17, 15) is 23.2 Å². The van der Waals surface area contributed by atoms with E-state index in [0.29, 0.717) is 17.7 Å². The fourth-order valence-corrected chi connectivity index (χ4v) is 4.71. The predicted octanol–water partition coefficient (Wildman–Crippen LogP) is 4.38. The van der Waals surface area contributed by atoms with Crippen molar-refractivity contribution in [1.82, 2.24) is 4.90 Å². The number of halogens is 2. The Balaban J connectivity index is 1.40. The Hall–Kier alpha value is -3.29. The summed E-state index contributed by atoms with van der Waals surface area (Å²) >= 11 is 0. The summed E-state index contributed by atoms with van der Waals surface area (Å²) in [7, 11) is 0. The van der Waals surface area contributed by atoms with Crippen molar-refractivity contribution < 1.29 is 27.9 Å². The molecule has 3 amide bonds. The smallest absolute Gasteiger partial charge is 0.387 e. The number of amides is 3. The second kappa shape index (κ2) is 10.1. The van der Waals surface area contributed by atoms with E-state index in [2.05, 4.69) is 10.1 Å². The summed E-state index contributed by atoms with van der Waals surface area (Å²) in [5.41, 5.74) is 1.85. The first kappa shape index (κ1) is 22.9. The molecule has 2 aromatic carbocycles. The minimum atomic E-state index is -2.96. The summed E-state index contributed by atoms with van der Waals surface area (Å²) in [6, 6.07) is 13.8. The molecule has 1 saturated carbocycles. The molecule has 174 valence electrons. The Morgan fingerprint density at radius 2 is 1.70 bits per heavy atom. The molecule has 2 fully saturated rings. The van der Waals surface area contributed by atoms with Crippen molar-refractivity contribution in [3.05, 3.63) is 59.7 Å². The van der Waals surface area contributed by atoms with Crippen molar-refractivity contribution in [1.29, 1.82) is 0 Å². The van der Waals surface area contributed by atoms with Crippen molar-refractivity contribution in [3.8, 4) is 5.75 Å². The Labute approximate surface area is 190 Å². The van der Waals surface area contributed by atoms with E-state index in [1.807, 2.05) is 30.3 Å². The minimum Gasteiger partial charge on any atom is -0.435 e. The molecule has 1 heterocycles. The zero-order valence-corrected chi connectivity index (χ0v) is 18.1. The fraction of sp³-hybridized carbons (Fsp3) is 0.400. The van der Waals surface area contributed by atoms with E-state index in [-0.39, 0.29) is 48.3 Å². The Morgan fingerprint density at radius 1 is 1.03 bits per heavy atom. The van der Waals surface area contributed by atoms with Crippen LogP contribution < -0.4 is 10.1 Å². The zero-order chi connectivity index (χ0) is 23.4. The molecule has 33 heavy (non-hydrogen) atoms. The number of likely N-dealkylation sites (tertiary alicyclic amines) is 1. The second-order valence-corrected chi connectivity index (χ2v) is 8.49. The van der Waals surface area contributed by atoms with Gasteiger partial charge in [-0.3, -0.25) is 19.3 Å². The second-order valence-electron chi connectivity index (χ2n) is 8.49. The third-order valence-corrected chi connectivity index (χ3v) is 6.29. The van der Waals surface area contributed by atoms with Crippen molar-refractivity contribution in [2.75, 3.05) is 11.9 Å². The molecule has 6 nitrogen and oxygen atoms in total. The van der Waals surface area contributed by atoms with E-state index in [1.165, 1.54) is 17.0 Å². The van der Waals surface area contributed by atoms with Crippen LogP contribution >= 0.6 is 0 Å². The average Bonchev–Trinajstić information content (AvgIpc) is 3.04. The molecule has 1 aliphatic carbocycles. The molecular formula is C25H26F2N2O4. The molecule has 2 unspecified atom stereocenters. The van der Waals surface area contributed by atoms with Crippen molar-refractivity contribution in [2.45, 2.75) is 45.1 Å². The van der Waals surface area contributed by atoms with Crippen molar-refractivity contribution >= 4 is 23.4 Å². The first-order valence-corrected chi connectivity index (χ1v) is 11.2. The van der Waals surface area contributed by atoms with Gasteiger partial charge in [-0.25, -0.2) is 0 Å². The number of carbonyl (C=O) groups is 3. The molecule has 1 N–H and O–H groups in total. The van der Waals surface area contributed by atoms with Crippen LogP contribution in [0.4, 0.5) is 14.5 Å². The van der Waals surface area contributed by atoms with Gasteiger partial charge in [0.05, 0.1) is 11.8 Å². The van der Waals surface area contributed by atoms with Crippen LogP contribution in [0, 0.1) is 11.8 Å². The Kier molecular flexibility index (Phi) is 7.01. The molecule has 1 saturated heterocycles. The first-order valence-electron chi connectivity index (χ1n) is 11.2. The highest BCUT2D eigenvalue weighted by Crippen LogP contribution is 2.38. The molecule has 2 atom stereocenters. The normalized spacial score (nSPS) is 20.2. The topological polar surface area (TPSA) is 75.7 Å². The number of fused-ring (bicyclic) bond motifs is 1.